The van der Waals surface area contributed by atoms with Crippen molar-refractivity contribution in [2.45, 2.75) is 13.8 Å². The molecule has 0 radical (unpaired) electrons. The van der Waals surface area contributed by atoms with Gasteiger partial charge in [0.15, 0.2) is 6.29 Å². The summed E-state index contributed by atoms with van der Waals surface area (Å²) in [5.41, 5.74) is 0.109. The first-order valence-corrected chi connectivity index (χ1v) is 4.53. The van der Waals surface area contributed by atoms with Crippen molar-refractivity contribution in [1.82, 2.24) is 0 Å². The van der Waals surface area contributed by atoms with Crippen molar-refractivity contribution in [1.29, 1.82) is 0 Å². The summed E-state index contributed by atoms with van der Waals surface area (Å²) >= 11 is 0. The monoisotopic (exact) mass is 198 g/mol. The highest BCUT2D eigenvalue weighted by Gasteiger charge is 1.94. The normalized spacial score (nSPS) is 8.79. The Balaban J connectivity index is 0.000000292. The summed E-state index contributed by atoms with van der Waals surface area (Å²) in [7, 11) is 0. The number of rotatable bonds is 3. The van der Waals surface area contributed by atoms with E-state index in [-0.39, 0.29) is 5.56 Å². The largest absolute Gasteiger partial charge is 0.382 e. The van der Waals surface area contributed by atoms with Gasteiger partial charge in [-0.2, -0.15) is 0 Å². The fraction of sp³-hybridized carbons (Fsp3) is 0.364. The molecule has 0 saturated heterocycles. The SMILES string of the molecule is CCOCC.O=Cc1ccccc1F. The number of carbonyl (C=O) groups excluding carboxylic acids is 1. The highest BCUT2D eigenvalue weighted by Crippen LogP contribution is 2.01. The molecule has 0 amide bonds. The average Bonchev–Trinajstić information content (AvgIpc) is 2.21. The molecule has 1 aromatic carbocycles. The first kappa shape index (κ1) is 12.8. The van der Waals surface area contributed by atoms with Gasteiger partial charge in [0.1, 0.15) is 5.82 Å². The van der Waals surface area contributed by atoms with E-state index in [4.69, 9.17) is 4.74 Å². The second-order valence-corrected chi connectivity index (χ2v) is 2.42. The van der Waals surface area contributed by atoms with E-state index in [0.717, 1.165) is 13.2 Å². The van der Waals surface area contributed by atoms with Crippen molar-refractivity contribution in [2.24, 2.45) is 0 Å². The Bertz CT molecular complexity index is 259. The first-order valence-electron chi connectivity index (χ1n) is 4.53. The first-order chi connectivity index (χ1) is 6.76. The van der Waals surface area contributed by atoms with E-state index in [9.17, 15) is 9.18 Å². The van der Waals surface area contributed by atoms with Crippen LogP contribution in [0.5, 0.6) is 0 Å². The molecule has 0 spiro atoms. The van der Waals surface area contributed by atoms with Gasteiger partial charge in [-0.1, -0.05) is 12.1 Å². The van der Waals surface area contributed by atoms with Crippen LogP contribution in [0.1, 0.15) is 24.2 Å². The smallest absolute Gasteiger partial charge is 0.152 e. The number of ether oxygens (including phenoxy) is 1. The molecule has 78 valence electrons. The Morgan fingerprint density at radius 2 is 1.86 bits per heavy atom. The van der Waals surface area contributed by atoms with Crippen LogP contribution in [-0.2, 0) is 4.74 Å². The van der Waals surface area contributed by atoms with E-state index in [1.54, 1.807) is 12.1 Å². The maximum absolute atomic E-state index is 12.4. The molecule has 3 heteroatoms. The Kier molecular flexibility index (Phi) is 7.65. The predicted molar refractivity (Wildman–Crippen MR) is 54.0 cm³/mol. The summed E-state index contributed by atoms with van der Waals surface area (Å²) in [6, 6.07) is 5.85. The molecular formula is C11H15FO2. The van der Waals surface area contributed by atoms with Crippen LogP contribution in [0.25, 0.3) is 0 Å². The predicted octanol–water partition coefficient (Wildman–Crippen LogP) is 2.68. The summed E-state index contributed by atoms with van der Waals surface area (Å²) in [5.74, 6) is -0.465. The molecule has 2 nitrogen and oxygen atoms in total. The number of hydrogen-bond acceptors (Lipinski definition) is 2. The molecule has 14 heavy (non-hydrogen) atoms. The molecule has 0 aromatic heterocycles. The van der Waals surface area contributed by atoms with Crippen LogP contribution in [0.3, 0.4) is 0 Å². The van der Waals surface area contributed by atoms with E-state index in [0.29, 0.717) is 6.29 Å². The minimum Gasteiger partial charge on any atom is -0.382 e. The highest BCUT2D eigenvalue weighted by atomic mass is 19.1. The lowest BCUT2D eigenvalue weighted by atomic mass is 10.2. The van der Waals surface area contributed by atoms with E-state index in [2.05, 4.69) is 0 Å². The third-order valence-electron chi connectivity index (χ3n) is 1.44. The van der Waals surface area contributed by atoms with E-state index >= 15 is 0 Å². The average molecular weight is 198 g/mol. The fourth-order valence-corrected chi connectivity index (χ4v) is 0.775. The fourth-order valence-electron chi connectivity index (χ4n) is 0.775. The maximum atomic E-state index is 12.4. The van der Waals surface area contributed by atoms with Crippen molar-refractivity contribution in [3.63, 3.8) is 0 Å². The maximum Gasteiger partial charge on any atom is 0.152 e. The molecule has 0 aliphatic rings. The zero-order chi connectivity index (χ0) is 10.8. The Labute approximate surface area is 83.7 Å². The topological polar surface area (TPSA) is 26.3 Å². The molecule has 1 rings (SSSR count). The van der Waals surface area contributed by atoms with Crippen LogP contribution in [0.2, 0.25) is 0 Å². The molecule has 0 unspecified atom stereocenters. The molecule has 0 saturated carbocycles. The van der Waals surface area contributed by atoms with Crippen LogP contribution in [0.4, 0.5) is 4.39 Å². The molecule has 0 aliphatic heterocycles. The minimum absolute atomic E-state index is 0.109. The van der Waals surface area contributed by atoms with Gasteiger partial charge in [0.25, 0.3) is 0 Å². The van der Waals surface area contributed by atoms with E-state index in [1.807, 2.05) is 13.8 Å². The van der Waals surface area contributed by atoms with Gasteiger partial charge >= 0.3 is 0 Å². The second kappa shape index (κ2) is 8.38. The van der Waals surface area contributed by atoms with Crippen LogP contribution in [0.15, 0.2) is 24.3 Å². The number of halogens is 1. The lowest BCUT2D eigenvalue weighted by Gasteiger charge is -1.88. The van der Waals surface area contributed by atoms with Crippen molar-refractivity contribution in [3.8, 4) is 0 Å². The van der Waals surface area contributed by atoms with Crippen molar-refractivity contribution < 1.29 is 13.9 Å². The van der Waals surface area contributed by atoms with Crippen molar-refractivity contribution >= 4 is 6.29 Å². The van der Waals surface area contributed by atoms with Crippen LogP contribution < -0.4 is 0 Å². The third kappa shape index (κ3) is 5.43. The van der Waals surface area contributed by atoms with Crippen LogP contribution in [-0.4, -0.2) is 19.5 Å². The Hall–Kier alpha value is -1.22. The van der Waals surface area contributed by atoms with E-state index < -0.39 is 5.82 Å². The highest BCUT2D eigenvalue weighted by molar-refractivity contribution is 5.74. The molecule has 0 aliphatic carbocycles. The van der Waals surface area contributed by atoms with Gasteiger partial charge in [0.2, 0.25) is 0 Å². The van der Waals surface area contributed by atoms with Gasteiger partial charge in [-0.15, -0.1) is 0 Å². The van der Waals surface area contributed by atoms with Gasteiger partial charge in [-0.05, 0) is 26.0 Å². The summed E-state index contributed by atoms with van der Waals surface area (Å²) in [4.78, 5) is 9.99. The molecular weight excluding hydrogens is 183 g/mol. The van der Waals surface area contributed by atoms with Gasteiger partial charge in [-0.3, -0.25) is 4.79 Å². The molecule has 1 aromatic rings. The van der Waals surface area contributed by atoms with Gasteiger partial charge in [-0.25, -0.2) is 4.39 Å². The number of hydrogen-bond donors (Lipinski definition) is 0. The zero-order valence-electron chi connectivity index (χ0n) is 8.50. The number of carbonyl (C=O) groups is 1. The van der Waals surface area contributed by atoms with Gasteiger partial charge < -0.3 is 4.74 Å². The molecule has 0 atom stereocenters. The number of aldehydes is 1. The standard InChI is InChI=1S/C7H5FO.C4H10O/c8-7-4-2-1-3-6(7)5-9;1-3-5-4-2/h1-5H;3-4H2,1-2H3. The molecule has 0 fully saturated rings. The summed E-state index contributed by atoms with van der Waals surface area (Å²) in [5, 5.41) is 0. The quantitative estimate of drug-likeness (QED) is 0.698. The zero-order valence-corrected chi connectivity index (χ0v) is 8.50. The third-order valence-corrected chi connectivity index (χ3v) is 1.44. The molecule has 0 heterocycles. The number of benzene rings is 1. The Morgan fingerprint density at radius 3 is 2.14 bits per heavy atom. The lowest BCUT2D eigenvalue weighted by molar-refractivity contribution is 0.112. The Morgan fingerprint density at radius 1 is 1.29 bits per heavy atom. The lowest BCUT2D eigenvalue weighted by Crippen LogP contribution is -1.84. The van der Waals surface area contributed by atoms with Crippen LogP contribution >= 0.6 is 0 Å². The van der Waals surface area contributed by atoms with Gasteiger partial charge in [0, 0.05) is 13.2 Å². The van der Waals surface area contributed by atoms with Crippen LogP contribution in [0, 0.1) is 5.82 Å². The summed E-state index contributed by atoms with van der Waals surface area (Å²) in [6.07, 6.45) is 0.495. The summed E-state index contributed by atoms with van der Waals surface area (Å²) in [6.45, 7) is 5.67. The molecule has 0 bridgehead atoms. The van der Waals surface area contributed by atoms with Gasteiger partial charge in [0.05, 0.1) is 5.56 Å². The summed E-state index contributed by atoms with van der Waals surface area (Å²) < 4.78 is 17.2. The minimum atomic E-state index is -0.465. The van der Waals surface area contributed by atoms with Crippen molar-refractivity contribution in [3.05, 3.63) is 35.6 Å². The van der Waals surface area contributed by atoms with E-state index in [1.165, 1.54) is 12.1 Å². The molecule has 0 N–H and O–H groups in total. The van der Waals surface area contributed by atoms with Crippen molar-refractivity contribution in [2.75, 3.05) is 13.2 Å². The second-order valence-electron chi connectivity index (χ2n) is 2.42.